The Kier molecular flexibility index (Phi) is 65600. The van der Waals surface area contributed by atoms with Gasteiger partial charge in [0, 0.05) is 209 Å². The molecule has 0 aromatic rings. The van der Waals surface area contributed by atoms with Crippen LogP contribution < -0.4 is 0 Å². The summed E-state index contributed by atoms with van der Waals surface area (Å²) in [4.78, 5) is 0. The summed E-state index contributed by atoms with van der Waals surface area (Å²) in [5.74, 6) is 0. The molecule has 0 heterocycles. The number of aliphatic hydroxyl groups excluding tert-OH is 14. The van der Waals surface area contributed by atoms with Crippen LogP contribution in [0, 0.1) is 21.3 Å². The van der Waals surface area contributed by atoms with Crippen LogP contribution in [0.5, 0.6) is 0 Å². The first-order valence-corrected chi connectivity index (χ1v) is 5.87. The van der Waals surface area contributed by atoms with Gasteiger partial charge < -0.3 is 98.9 Å². The second kappa shape index (κ2) is 8280. The van der Waals surface area contributed by atoms with Gasteiger partial charge in [0.25, 0.3) is 0 Å². The molecule has 19 nitrogen and oxygen atoms in total. The zero-order valence-corrected chi connectivity index (χ0v) is 34.3. The van der Waals surface area contributed by atoms with Gasteiger partial charge in [-0.25, -0.2) is 21.3 Å². The molecule has 0 amide bonds. The fourth-order valence-corrected chi connectivity index (χ4v) is 0. The average molecular weight is 919 g/mol. The molecule has 45 heavy (non-hydrogen) atoms. The normalized spacial score (nSPS) is 1.87. The standard InChI is InChI=1S/11CH4O.3CH3O.6CH4.5H2O.6Ti/c14*1-2;;;;;;;;;;;;;;;;;/h11*2H,1H3;3*2H,1H2;6*1H4;5*1H2;;;;;;/q;;;;;;;;;;;3*-1;;;;;;;;;;;;;;;;;. The smallest absolute Gasteiger partial charge is 0.0319 e. The van der Waals surface area contributed by atoms with E-state index in [1.54, 1.807) is 0 Å². The quantitative estimate of drug-likeness (QED) is 0.0810. The van der Waals surface area contributed by atoms with Crippen molar-refractivity contribution in [2.75, 3.05) is 78.2 Å². The maximum Gasteiger partial charge on any atom is 0.0319 e. The van der Waals surface area contributed by atoms with Crippen molar-refractivity contribution in [2.24, 2.45) is 0 Å². The summed E-state index contributed by atoms with van der Waals surface area (Å²) < 4.78 is 0. The first-order chi connectivity index (χ1) is 14.0. The second-order valence-electron chi connectivity index (χ2n) is 0. The molecule has 0 radical (unpaired) electrons. The molecular weight excluding hydrogens is 831 g/mol. The fourth-order valence-electron chi connectivity index (χ4n) is 0. The van der Waals surface area contributed by atoms with Crippen LogP contribution in [-0.2, 0) is 130 Å². The average Bonchev–Trinajstić information content (AvgIpc) is 2.95. The first kappa shape index (κ1) is 357. The van der Waals surface area contributed by atoms with Crippen LogP contribution in [-0.4, -0.2) is 177 Å². The predicted molar refractivity (Wildman–Crippen MR) is 170 cm³/mol. The van der Waals surface area contributed by atoms with Crippen LogP contribution in [0.15, 0.2) is 0 Å². The minimum Gasteiger partial charge on any atom is -0.569 e. The number of rotatable bonds is 0. The maximum absolute atomic E-state index is 7.00. The van der Waals surface area contributed by atoms with Crippen LogP contribution in [0.25, 0.3) is 0 Å². The Balaban J connectivity index is -0.00000000157. The van der Waals surface area contributed by atoms with E-state index in [0.29, 0.717) is 0 Å². The predicted octanol–water partition coefficient (Wildman–Crippen LogP) is -4.18. The van der Waals surface area contributed by atoms with Gasteiger partial charge >= 0.3 is 0 Å². The molecule has 0 rings (SSSR count). The van der Waals surface area contributed by atoms with E-state index in [0.717, 1.165) is 78.2 Å². The van der Waals surface area contributed by atoms with Gasteiger partial charge in [-0.15, -0.1) is 0 Å². The van der Waals surface area contributed by atoms with Crippen molar-refractivity contribution >= 4 is 0 Å². The van der Waals surface area contributed by atoms with Crippen molar-refractivity contribution < 1.29 is 229 Å². The molecule has 25 heteroatoms. The van der Waals surface area contributed by atoms with Gasteiger partial charge in [-0.2, -0.15) is 0 Å². The zero-order valence-electron chi connectivity index (χ0n) is 24.9. The number of hydrogen-bond donors (Lipinski definition) is 14. The third kappa shape index (κ3) is 7920. The largest absolute Gasteiger partial charge is 0.569 e. The third-order valence-electron chi connectivity index (χ3n) is 0. The summed E-state index contributed by atoms with van der Waals surface area (Å²) >= 11 is 0. The fraction of sp³-hybridized carbons (Fsp3) is 0.850. The van der Waals surface area contributed by atoms with Crippen LogP contribution in [0.3, 0.4) is 0 Å². The van der Waals surface area contributed by atoms with Gasteiger partial charge in [0.05, 0.1) is 0 Å². The van der Waals surface area contributed by atoms with Gasteiger partial charge in [0.1, 0.15) is 0 Å². The summed E-state index contributed by atoms with van der Waals surface area (Å²) in [6.07, 6.45) is 0. The molecule has 0 aromatic carbocycles. The van der Waals surface area contributed by atoms with Gasteiger partial charge in [0.2, 0.25) is 0 Å². The van der Waals surface area contributed by atoms with E-state index >= 15 is 0 Å². The molecule has 0 aliphatic heterocycles. The molecule has 308 valence electrons. The van der Waals surface area contributed by atoms with Crippen LogP contribution in [0.4, 0.5) is 0 Å². The molecule has 0 spiro atoms. The molecule has 0 unspecified atom stereocenters. The van der Waals surface area contributed by atoms with Gasteiger partial charge in [-0.3, -0.25) is 0 Å². The SMILES string of the molecule is C.C.C.C.C.C.CO.CO.CO.CO.CO.CO.CO.CO.CO.CO.CO.O.O.O.O.O.[CH2-]O.[CH2-]O.[CH2-]O.[Ti].[Ti].[Ti].[Ti].[Ti].[Ti]. The number of hydrogen-bond acceptors (Lipinski definition) is 14. The van der Waals surface area contributed by atoms with Gasteiger partial charge in [-0.05, 0) is 0 Å². The van der Waals surface area contributed by atoms with E-state index < -0.39 is 0 Å². The van der Waals surface area contributed by atoms with Crippen molar-refractivity contribution in [1.29, 1.82) is 0 Å². The van der Waals surface area contributed by atoms with Crippen LogP contribution in [0.2, 0.25) is 0 Å². The third-order valence-corrected chi connectivity index (χ3v) is 0. The maximum atomic E-state index is 7.00. The molecule has 0 aromatic heterocycles. The molecule has 0 atom stereocenters. The molecular formula is C20H87O19Ti6-3. The molecule has 24 N–H and O–H groups in total. The van der Waals surface area contributed by atoms with Crippen LogP contribution in [0.1, 0.15) is 44.6 Å². The topological polar surface area (TPSA) is 441 Å². The van der Waals surface area contributed by atoms with Crippen molar-refractivity contribution in [3.8, 4) is 0 Å². The molecule has 0 fully saturated rings. The van der Waals surface area contributed by atoms with Crippen molar-refractivity contribution in [2.45, 2.75) is 44.6 Å². The summed E-state index contributed by atoms with van der Waals surface area (Å²) in [5.41, 5.74) is 0. The van der Waals surface area contributed by atoms with Crippen molar-refractivity contribution in [3.05, 3.63) is 21.3 Å². The molecule has 0 saturated carbocycles. The monoisotopic (exact) mass is 919 g/mol. The summed E-state index contributed by atoms with van der Waals surface area (Å²) in [6.45, 7) is 0. The van der Waals surface area contributed by atoms with E-state index in [2.05, 4.69) is 21.3 Å². The molecule has 0 aliphatic carbocycles. The Hall–Kier alpha value is 3.53. The Morgan fingerprint density at radius 1 is 0.178 bits per heavy atom. The van der Waals surface area contributed by atoms with E-state index in [-0.39, 0.29) is 202 Å². The van der Waals surface area contributed by atoms with Gasteiger partial charge in [0.15, 0.2) is 0 Å². The Bertz CT molecular complexity index is 64.5. The summed E-state index contributed by atoms with van der Waals surface area (Å²) in [5, 5.41) is 97.2. The Morgan fingerprint density at radius 2 is 0.178 bits per heavy atom. The van der Waals surface area contributed by atoms with Crippen LogP contribution >= 0.6 is 0 Å². The van der Waals surface area contributed by atoms with E-state index in [1.807, 2.05) is 0 Å². The second-order valence-corrected chi connectivity index (χ2v) is 0. The Morgan fingerprint density at radius 3 is 0.178 bits per heavy atom. The zero-order chi connectivity index (χ0) is 28.0. The summed E-state index contributed by atoms with van der Waals surface area (Å²) in [6, 6.07) is 0. The van der Waals surface area contributed by atoms with E-state index in [4.69, 9.17) is 71.5 Å². The Labute approximate surface area is 369 Å². The van der Waals surface area contributed by atoms with Gasteiger partial charge in [-0.1, -0.05) is 44.6 Å². The minimum atomic E-state index is 0. The van der Waals surface area contributed by atoms with Crippen molar-refractivity contribution in [1.82, 2.24) is 0 Å². The first-order valence-electron chi connectivity index (χ1n) is 5.87. The minimum absolute atomic E-state index is 0. The molecule has 0 bridgehead atoms. The van der Waals surface area contributed by atoms with Crippen molar-refractivity contribution in [3.63, 3.8) is 0 Å². The van der Waals surface area contributed by atoms with E-state index in [9.17, 15) is 0 Å². The number of aliphatic hydroxyl groups is 14. The summed E-state index contributed by atoms with van der Waals surface area (Å²) in [7, 11) is 17.8. The van der Waals surface area contributed by atoms with E-state index in [1.165, 1.54) is 0 Å². The molecule has 0 saturated heterocycles. The molecule has 0 aliphatic rings.